The highest BCUT2D eigenvalue weighted by Gasteiger charge is 2.25. The molecule has 6 heteroatoms. The molecule has 0 fully saturated rings. The first-order valence-electron chi connectivity index (χ1n) is 11.3. The van der Waals surface area contributed by atoms with E-state index in [1.165, 1.54) is 17.5 Å². The minimum Gasteiger partial charge on any atom is -0.431 e. The van der Waals surface area contributed by atoms with Gasteiger partial charge in [-0.25, -0.2) is 4.67 Å². The lowest BCUT2D eigenvalue weighted by Crippen LogP contribution is -2.23. The third-order valence-electron chi connectivity index (χ3n) is 5.38. The Bertz CT molecular complexity index is 1150. The molecule has 1 aromatic rings. The zero-order valence-corrected chi connectivity index (χ0v) is 21.1. The van der Waals surface area contributed by atoms with Gasteiger partial charge in [0, 0.05) is 6.04 Å². The summed E-state index contributed by atoms with van der Waals surface area (Å²) in [7, 11) is 0.302. The van der Waals surface area contributed by atoms with Crippen molar-refractivity contribution in [1.29, 1.82) is 5.26 Å². The molecular weight excluding hydrogens is 443 g/mol. The Morgan fingerprint density at radius 3 is 2.59 bits per heavy atom. The Labute approximate surface area is 204 Å². The van der Waals surface area contributed by atoms with Gasteiger partial charge in [0.15, 0.2) is 11.5 Å². The Morgan fingerprint density at radius 2 is 1.94 bits per heavy atom. The van der Waals surface area contributed by atoms with Crippen LogP contribution >= 0.6 is 8.53 Å². The first-order chi connectivity index (χ1) is 16.4. The third kappa shape index (κ3) is 8.04. The normalized spacial score (nSPS) is 12.7. The molecule has 0 aliphatic heterocycles. The molecular formula is C28H31N2O3P. The van der Waals surface area contributed by atoms with Crippen molar-refractivity contribution in [3.8, 4) is 6.07 Å². The molecule has 2 rings (SSSR count). The van der Waals surface area contributed by atoms with Crippen molar-refractivity contribution in [3.63, 3.8) is 0 Å². The Kier molecular flexibility index (Phi) is 11.4. The molecule has 1 aliphatic carbocycles. The number of aryl methyl sites for hydroxylation is 2. The molecule has 0 bridgehead atoms. The Balaban J connectivity index is 2.32. The van der Waals surface area contributed by atoms with Crippen LogP contribution in [0.2, 0.25) is 0 Å². The van der Waals surface area contributed by atoms with Gasteiger partial charge in [-0.3, -0.25) is 4.79 Å². The molecule has 1 aromatic carbocycles. The zero-order valence-electron chi connectivity index (χ0n) is 20.2. The minimum atomic E-state index is -1.57. The molecule has 0 saturated carbocycles. The van der Waals surface area contributed by atoms with Crippen molar-refractivity contribution in [2.24, 2.45) is 0 Å². The average molecular weight is 475 g/mol. The number of carbonyl (C=O) groups excluding carboxylic acids is 1. The highest BCUT2D eigenvalue weighted by Crippen LogP contribution is 2.45. The van der Waals surface area contributed by atoms with Gasteiger partial charge in [-0.1, -0.05) is 30.5 Å². The van der Waals surface area contributed by atoms with E-state index in [1.54, 1.807) is 0 Å². The van der Waals surface area contributed by atoms with Gasteiger partial charge < -0.3 is 9.05 Å². The quantitative estimate of drug-likeness (QED) is 0.123. The van der Waals surface area contributed by atoms with E-state index in [9.17, 15) is 4.79 Å². The number of hydrogen-bond donors (Lipinski definition) is 0. The minimum absolute atomic E-state index is 0.0763. The van der Waals surface area contributed by atoms with Gasteiger partial charge in [0.1, 0.15) is 0 Å². The van der Waals surface area contributed by atoms with Crippen LogP contribution in [0, 0.1) is 11.3 Å². The van der Waals surface area contributed by atoms with Crippen LogP contribution in [0.4, 0.5) is 0 Å². The van der Waals surface area contributed by atoms with E-state index in [2.05, 4.69) is 60.0 Å². The number of nitrogens with zero attached hydrogens (tertiary/aromatic N) is 2. The first-order valence-corrected chi connectivity index (χ1v) is 12.4. The predicted octanol–water partition coefficient (Wildman–Crippen LogP) is 6.34. The van der Waals surface area contributed by atoms with Gasteiger partial charge in [0.05, 0.1) is 31.1 Å². The lowest BCUT2D eigenvalue weighted by atomic mass is 9.88. The molecule has 34 heavy (non-hydrogen) atoms. The van der Waals surface area contributed by atoms with Gasteiger partial charge in [-0.2, -0.15) is 5.26 Å². The standard InChI is InChI=1S/C28H31N2O3P/c1-6-8-9-15-26(33-34(30(5)22(3)4)32-19-12-18-29)21-28(31)27(7-2)25-17-16-23-13-10-11-14-24(23)20-25/h16-17,20,22H,1-2,10-14,19,21H2,3-5H3. The largest absolute Gasteiger partial charge is 0.431 e. The molecule has 0 heterocycles. The molecule has 1 unspecified atom stereocenters. The van der Waals surface area contributed by atoms with Crippen LogP contribution in [0.5, 0.6) is 0 Å². The highest BCUT2D eigenvalue weighted by molar-refractivity contribution is 7.44. The van der Waals surface area contributed by atoms with Gasteiger partial charge >= 0.3 is 8.53 Å². The van der Waals surface area contributed by atoms with Crippen molar-refractivity contribution >= 4 is 19.9 Å². The second-order valence-electron chi connectivity index (χ2n) is 8.06. The van der Waals surface area contributed by atoms with Crippen LogP contribution in [0.3, 0.4) is 0 Å². The molecule has 0 spiro atoms. The molecule has 0 radical (unpaired) electrons. The van der Waals surface area contributed by atoms with Crippen LogP contribution in [0.1, 0.15) is 56.2 Å². The van der Waals surface area contributed by atoms with E-state index >= 15 is 0 Å². The predicted molar refractivity (Wildman–Crippen MR) is 136 cm³/mol. The summed E-state index contributed by atoms with van der Waals surface area (Å²) in [4.78, 5) is 13.3. The van der Waals surface area contributed by atoms with Crippen LogP contribution in [0.15, 0.2) is 65.8 Å². The van der Waals surface area contributed by atoms with Crippen molar-refractivity contribution in [3.05, 3.63) is 82.5 Å². The van der Waals surface area contributed by atoms with Crippen LogP contribution in [0.25, 0.3) is 5.57 Å². The maximum Gasteiger partial charge on any atom is 0.321 e. The van der Waals surface area contributed by atoms with Crippen molar-refractivity contribution in [2.45, 2.75) is 58.4 Å². The zero-order chi connectivity index (χ0) is 24.9. The van der Waals surface area contributed by atoms with E-state index in [0.29, 0.717) is 5.57 Å². The third-order valence-corrected chi connectivity index (χ3v) is 7.13. The number of carbonyl (C=O) groups is 1. The van der Waals surface area contributed by atoms with E-state index < -0.39 is 8.53 Å². The molecule has 0 amide bonds. The van der Waals surface area contributed by atoms with Crippen LogP contribution < -0.4 is 0 Å². The van der Waals surface area contributed by atoms with Crippen molar-refractivity contribution in [1.82, 2.24) is 4.67 Å². The number of allylic oxidation sites excluding steroid dienone is 2. The number of rotatable bonds is 11. The van der Waals surface area contributed by atoms with Crippen molar-refractivity contribution < 1.29 is 13.8 Å². The maximum absolute atomic E-state index is 13.3. The summed E-state index contributed by atoms with van der Waals surface area (Å²) in [6, 6.07) is 8.31. The molecule has 1 aliphatic rings. The van der Waals surface area contributed by atoms with E-state index in [-0.39, 0.29) is 37.0 Å². The maximum atomic E-state index is 13.3. The summed E-state index contributed by atoms with van der Waals surface area (Å²) < 4.78 is 13.8. The van der Waals surface area contributed by atoms with Crippen LogP contribution in [-0.4, -0.2) is 30.2 Å². The number of nitriles is 1. The lowest BCUT2D eigenvalue weighted by molar-refractivity contribution is -0.113. The second-order valence-corrected chi connectivity index (χ2v) is 9.60. The summed E-state index contributed by atoms with van der Waals surface area (Å²) in [5.74, 6) is 0.0471. The topological polar surface area (TPSA) is 62.6 Å². The summed E-state index contributed by atoms with van der Waals surface area (Å²) in [6.07, 6.45) is 4.61. The summed E-state index contributed by atoms with van der Waals surface area (Å²) >= 11 is 0. The fraction of sp³-hybridized carbons (Fsp3) is 0.393. The number of benzene rings is 1. The molecule has 0 aromatic heterocycles. The fourth-order valence-corrected chi connectivity index (χ4v) is 4.65. The highest BCUT2D eigenvalue weighted by atomic mass is 31.2. The Hall–Kier alpha value is -3.09. The SMILES string of the molecule is C=C=C=C=C=C(CC(=O)C(=C=C)c1ccc2c(c1)CCCC2)OP(OCCC#N)N(C)C(C)C. The monoisotopic (exact) mass is 474 g/mol. The number of ketones is 1. The fourth-order valence-electron chi connectivity index (χ4n) is 3.36. The lowest BCUT2D eigenvalue weighted by Gasteiger charge is -2.29. The number of hydrogen-bond acceptors (Lipinski definition) is 5. The number of Topliss-reactive ketones (excluding diaryl/α,β-unsaturated/α-hetero) is 1. The van der Waals surface area contributed by atoms with E-state index in [1.807, 2.05) is 31.6 Å². The number of fused-ring (bicyclic) bond motifs is 1. The van der Waals surface area contributed by atoms with Crippen molar-refractivity contribution in [2.75, 3.05) is 13.7 Å². The van der Waals surface area contributed by atoms with E-state index in [0.717, 1.165) is 24.8 Å². The van der Waals surface area contributed by atoms with Gasteiger partial charge in [-0.05, 0) is 87.0 Å². The van der Waals surface area contributed by atoms with Crippen LogP contribution in [-0.2, 0) is 26.7 Å². The van der Waals surface area contributed by atoms with E-state index in [4.69, 9.17) is 14.3 Å². The Morgan fingerprint density at radius 1 is 1.21 bits per heavy atom. The summed E-state index contributed by atoms with van der Waals surface area (Å²) in [5, 5.41) is 8.86. The second kappa shape index (κ2) is 14.2. The molecule has 5 nitrogen and oxygen atoms in total. The van der Waals surface area contributed by atoms with Gasteiger partial charge in [0.25, 0.3) is 0 Å². The smallest absolute Gasteiger partial charge is 0.321 e. The van der Waals surface area contributed by atoms with Gasteiger partial charge in [0.2, 0.25) is 0 Å². The first kappa shape index (κ1) is 27.2. The molecule has 176 valence electrons. The summed E-state index contributed by atoms with van der Waals surface area (Å²) in [6.45, 7) is 11.4. The molecule has 1 atom stereocenters. The molecule has 0 saturated heterocycles. The average Bonchev–Trinajstić information content (AvgIpc) is 2.83. The molecule has 0 N–H and O–H groups in total. The van der Waals surface area contributed by atoms with Gasteiger partial charge in [-0.15, -0.1) is 5.73 Å². The summed E-state index contributed by atoms with van der Waals surface area (Å²) in [5.41, 5.74) is 17.2.